The van der Waals surface area contributed by atoms with E-state index >= 15 is 0 Å². The van der Waals surface area contributed by atoms with Gasteiger partial charge in [-0.25, -0.2) is 0 Å². The summed E-state index contributed by atoms with van der Waals surface area (Å²) in [7, 11) is 0. The van der Waals surface area contributed by atoms with Crippen LogP contribution in [0.25, 0.3) is 10.4 Å². The maximum absolute atomic E-state index is 8.07. The summed E-state index contributed by atoms with van der Waals surface area (Å²) in [5.74, 6) is 6.41. The highest BCUT2D eigenvalue weighted by Crippen LogP contribution is 2.08. The normalized spacial score (nSPS) is 9.19. The van der Waals surface area contributed by atoms with E-state index in [0.29, 0.717) is 5.92 Å². The monoisotopic (exact) mass is 213 g/mol. The van der Waals surface area contributed by atoms with Gasteiger partial charge in [-0.3, -0.25) is 0 Å². The minimum absolute atomic E-state index is 0.226. The first-order valence-corrected chi connectivity index (χ1v) is 5.31. The van der Waals surface area contributed by atoms with Gasteiger partial charge in [0, 0.05) is 10.5 Å². The Bertz CT molecular complexity index is 428. The molecule has 0 amide bonds. The van der Waals surface area contributed by atoms with Crippen molar-refractivity contribution in [2.24, 2.45) is 11.0 Å². The molecule has 0 saturated heterocycles. The molecule has 82 valence electrons. The third-order valence-electron chi connectivity index (χ3n) is 2.04. The average Bonchev–Trinajstić information content (AvgIpc) is 2.26. The van der Waals surface area contributed by atoms with Gasteiger partial charge in [0.2, 0.25) is 0 Å². The van der Waals surface area contributed by atoms with E-state index in [9.17, 15) is 0 Å². The molecule has 0 aliphatic rings. The van der Waals surface area contributed by atoms with Crippen LogP contribution in [0.1, 0.15) is 25.0 Å². The zero-order valence-electron chi connectivity index (χ0n) is 9.64. The van der Waals surface area contributed by atoms with E-state index < -0.39 is 0 Å². The van der Waals surface area contributed by atoms with Crippen LogP contribution < -0.4 is 0 Å². The van der Waals surface area contributed by atoms with E-state index in [1.165, 1.54) is 5.56 Å². The SMILES string of the molecule is CC(C)Cc1ccc(C#CCN=[N+]=[N-])cc1. The maximum atomic E-state index is 8.07. The van der Waals surface area contributed by atoms with Gasteiger partial charge in [-0.05, 0) is 35.6 Å². The lowest BCUT2D eigenvalue weighted by Crippen LogP contribution is -1.93. The molecule has 0 atom stereocenters. The van der Waals surface area contributed by atoms with E-state index in [-0.39, 0.29) is 6.54 Å². The van der Waals surface area contributed by atoms with Crippen LogP contribution in [0.15, 0.2) is 29.4 Å². The van der Waals surface area contributed by atoms with Crippen LogP contribution in [0.2, 0.25) is 0 Å². The van der Waals surface area contributed by atoms with Gasteiger partial charge < -0.3 is 0 Å². The summed E-state index contributed by atoms with van der Waals surface area (Å²) in [4.78, 5) is 2.64. The molecule has 16 heavy (non-hydrogen) atoms. The molecular formula is C13H15N3. The van der Waals surface area contributed by atoms with E-state index in [1.54, 1.807) is 0 Å². The number of rotatable bonds is 3. The van der Waals surface area contributed by atoms with Crippen LogP contribution >= 0.6 is 0 Å². The molecule has 3 nitrogen and oxygen atoms in total. The average molecular weight is 213 g/mol. The lowest BCUT2D eigenvalue weighted by atomic mass is 10.0. The number of hydrogen-bond donors (Lipinski definition) is 0. The number of benzene rings is 1. The van der Waals surface area contributed by atoms with Gasteiger partial charge in [-0.2, -0.15) is 0 Å². The first kappa shape index (κ1) is 12.2. The Labute approximate surface area is 96.1 Å². The number of hydrogen-bond acceptors (Lipinski definition) is 1. The first-order valence-electron chi connectivity index (χ1n) is 5.31. The van der Waals surface area contributed by atoms with Crippen molar-refractivity contribution in [1.29, 1.82) is 0 Å². The van der Waals surface area contributed by atoms with E-state index in [1.807, 2.05) is 12.1 Å². The summed E-state index contributed by atoms with van der Waals surface area (Å²) in [6, 6.07) is 8.19. The van der Waals surface area contributed by atoms with Crippen molar-refractivity contribution in [3.05, 3.63) is 45.8 Å². The van der Waals surface area contributed by atoms with Gasteiger partial charge in [0.15, 0.2) is 0 Å². The standard InChI is InChI=1S/C13H15N3/c1-11(2)10-13-7-5-12(6-8-13)4-3-9-15-16-14/h5-8,11H,9-10H2,1-2H3. The molecule has 0 aliphatic carbocycles. The van der Waals surface area contributed by atoms with Crippen LogP contribution in [0.4, 0.5) is 0 Å². The Hall–Kier alpha value is -1.91. The predicted octanol–water partition coefficient (Wildman–Crippen LogP) is 3.55. The molecule has 0 heterocycles. The lowest BCUT2D eigenvalue weighted by Gasteiger charge is -2.03. The molecule has 0 spiro atoms. The molecule has 0 N–H and O–H groups in total. The summed E-state index contributed by atoms with van der Waals surface area (Å²) in [5, 5.41) is 3.35. The van der Waals surface area contributed by atoms with Crippen LogP contribution in [0.3, 0.4) is 0 Å². The number of nitrogens with zero attached hydrogens (tertiary/aromatic N) is 3. The van der Waals surface area contributed by atoms with Crippen molar-refractivity contribution in [3.63, 3.8) is 0 Å². The summed E-state index contributed by atoms with van der Waals surface area (Å²) in [6.45, 7) is 4.63. The second kappa shape index (κ2) is 6.55. The predicted molar refractivity (Wildman–Crippen MR) is 65.9 cm³/mol. The molecule has 1 aromatic rings. The molecule has 0 bridgehead atoms. The van der Waals surface area contributed by atoms with Gasteiger partial charge >= 0.3 is 0 Å². The van der Waals surface area contributed by atoms with E-state index in [4.69, 9.17) is 5.53 Å². The molecule has 0 fully saturated rings. The largest absolute Gasteiger partial charge is 0.0919 e. The second-order valence-corrected chi connectivity index (χ2v) is 3.99. The molecule has 1 aromatic carbocycles. The highest BCUT2D eigenvalue weighted by atomic mass is 15.1. The summed E-state index contributed by atoms with van der Waals surface area (Å²) < 4.78 is 0. The first-order chi connectivity index (χ1) is 7.72. The second-order valence-electron chi connectivity index (χ2n) is 3.99. The fourth-order valence-electron chi connectivity index (χ4n) is 1.40. The zero-order valence-corrected chi connectivity index (χ0v) is 9.64. The molecular weight excluding hydrogens is 198 g/mol. The summed E-state index contributed by atoms with van der Waals surface area (Å²) in [5.41, 5.74) is 10.4. The molecule has 0 unspecified atom stereocenters. The van der Waals surface area contributed by atoms with Crippen molar-refractivity contribution in [1.82, 2.24) is 0 Å². The Morgan fingerprint density at radius 1 is 1.31 bits per heavy atom. The van der Waals surface area contributed by atoms with E-state index in [2.05, 4.69) is 47.8 Å². The highest BCUT2D eigenvalue weighted by Gasteiger charge is 1.96. The van der Waals surface area contributed by atoms with Gasteiger partial charge in [0.1, 0.15) is 0 Å². The molecule has 0 aromatic heterocycles. The van der Waals surface area contributed by atoms with Crippen molar-refractivity contribution >= 4 is 0 Å². The smallest absolute Gasteiger partial charge is 0.0880 e. The van der Waals surface area contributed by atoms with Gasteiger partial charge in [0.25, 0.3) is 0 Å². The van der Waals surface area contributed by atoms with Crippen molar-refractivity contribution in [3.8, 4) is 11.8 Å². The van der Waals surface area contributed by atoms with E-state index in [0.717, 1.165) is 12.0 Å². The third-order valence-corrected chi connectivity index (χ3v) is 2.04. The van der Waals surface area contributed by atoms with Gasteiger partial charge in [-0.1, -0.05) is 42.9 Å². The molecule has 3 heteroatoms. The van der Waals surface area contributed by atoms with Crippen LogP contribution in [0.5, 0.6) is 0 Å². The van der Waals surface area contributed by atoms with Gasteiger partial charge in [-0.15, -0.1) is 0 Å². The minimum Gasteiger partial charge on any atom is -0.0919 e. The Morgan fingerprint density at radius 3 is 2.56 bits per heavy atom. The minimum atomic E-state index is 0.226. The van der Waals surface area contributed by atoms with Crippen molar-refractivity contribution < 1.29 is 0 Å². The highest BCUT2D eigenvalue weighted by molar-refractivity contribution is 5.36. The molecule has 0 radical (unpaired) electrons. The molecule has 0 saturated carbocycles. The fourth-order valence-corrected chi connectivity index (χ4v) is 1.40. The summed E-state index contributed by atoms with van der Waals surface area (Å²) in [6.07, 6.45) is 1.09. The van der Waals surface area contributed by atoms with Crippen molar-refractivity contribution in [2.45, 2.75) is 20.3 Å². The maximum Gasteiger partial charge on any atom is 0.0880 e. The fraction of sp³-hybridized carbons (Fsp3) is 0.385. The Balaban J connectivity index is 2.62. The van der Waals surface area contributed by atoms with Crippen molar-refractivity contribution in [2.75, 3.05) is 6.54 Å². The Morgan fingerprint density at radius 2 is 2.00 bits per heavy atom. The molecule has 1 rings (SSSR count). The van der Waals surface area contributed by atoms with Crippen LogP contribution in [0, 0.1) is 17.8 Å². The zero-order chi connectivity index (χ0) is 11.8. The number of azide groups is 1. The van der Waals surface area contributed by atoms with Gasteiger partial charge in [0.05, 0.1) is 6.54 Å². The van der Waals surface area contributed by atoms with Crippen LogP contribution in [-0.2, 0) is 6.42 Å². The topological polar surface area (TPSA) is 48.8 Å². The summed E-state index contributed by atoms with van der Waals surface area (Å²) >= 11 is 0. The Kier molecular flexibility index (Phi) is 4.98. The van der Waals surface area contributed by atoms with Crippen LogP contribution in [-0.4, -0.2) is 6.54 Å². The third kappa shape index (κ3) is 4.54. The quantitative estimate of drug-likeness (QED) is 0.319. The lowest BCUT2D eigenvalue weighted by molar-refractivity contribution is 0.647. The molecule has 0 aliphatic heterocycles.